The van der Waals surface area contributed by atoms with E-state index in [0.717, 1.165) is 5.56 Å². The summed E-state index contributed by atoms with van der Waals surface area (Å²) in [6.45, 7) is 1.61. The van der Waals surface area contributed by atoms with Crippen molar-refractivity contribution in [3.8, 4) is 11.3 Å². The number of halogens is 1. The summed E-state index contributed by atoms with van der Waals surface area (Å²) in [7, 11) is -3.91. The molecule has 0 atom stereocenters. The van der Waals surface area contributed by atoms with E-state index in [9.17, 15) is 13.2 Å². The lowest BCUT2D eigenvalue weighted by atomic mass is 10.1. The number of hydrogen-bond donors (Lipinski definition) is 2. The number of nitrogens with one attached hydrogen (secondary N) is 1. The van der Waals surface area contributed by atoms with Crippen LogP contribution in [0.3, 0.4) is 0 Å². The molecular weight excluding hydrogens is 394 g/mol. The van der Waals surface area contributed by atoms with E-state index in [0.29, 0.717) is 21.4 Å². The van der Waals surface area contributed by atoms with Gasteiger partial charge in [-0.15, -0.1) is 11.3 Å². The van der Waals surface area contributed by atoms with E-state index in [1.807, 2.05) is 18.2 Å². The van der Waals surface area contributed by atoms with Gasteiger partial charge in [-0.1, -0.05) is 35.9 Å². The summed E-state index contributed by atoms with van der Waals surface area (Å²) in [4.78, 5) is 16.7. The van der Waals surface area contributed by atoms with Crippen LogP contribution in [0.4, 0.5) is 5.13 Å². The predicted octanol–water partition coefficient (Wildman–Crippen LogP) is 3.67. The maximum absolute atomic E-state index is 12.4. The Morgan fingerprint density at radius 3 is 2.65 bits per heavy atom. The second-order valence-corrected chi connectivity index (χ2v) is 8.29. The molecule has 134 valence electrons. The van der Waals surface area contributed by atoms with Crippen LogP contribution in [-0.4, -0.2) is 19.3 Å². The molecule has 9 heteroatoms. The van der Waals surface area contributed by atoms with Crippen molar-refractivity contribution < 1.29 is 13.2 Å². The zero-order valence-corrected chi connectivity index (χ0v) is 16.0. The van der Waals surface area contributed by atoms with Gasteiger partial charge in [-0.2, -0.15) is 0 Å². The van der Waals surface area contributed by atoms with Crippen LogP contribution in [-0.2, 0) is 10.0 Å². The molecule has 6 nitrogen and oxygen atoms in total. The minimum atomic E-state index is -3.91. The van der Waals surface area contributed by atoms with Gasteiger partial charge in [0, 0.05) is 21.5 Å². The van der Waals surface area contributed by atoms with Gasteiger partial charge in [-0.3, -0.25) is 10.1 Å². The predicted molar refractivity (Wildman–Crippen MR) is 103 cm³/mol. The van der Waals surface area contributed by atoms with Crippen LogP contribution in [0, 0.1) is 6.92 Å². The van der Waals surface area contributed by atoms with Crippen LogP contribution < -0.4 is 10.5 Å². The van der Waals surface area contributed by atoms with Gasteiger partial charge in [0.25, 0.3) is 5.91 Å². The van der Waals surface area contributed by atoms with E-state index in [1.54, 1.807) is 18.4 Å². The van der Waals surface area contributed by atoms with Crippen molar-refractivity contribution in [1.82, 2.24) is 4.98 Å². The number of thiazole rings is 1. The van der Waals surface area contributed by atoms with Crippen molar-refractivity contribution in [2.45, 2.75) is 11.8 Å². The topological polar surface area (TPSA) is 102 Å². The van der Waals surface area contributed by atoms with Crippen LogP contribution in [0.25, 0.3) is 11.3 Å². The molecule has 1 aromatic heterocycles. The zero-order valence-electron chi connectivity index (χ0n) is 13.6. The lowest BCUT2D eigenvalue weighted by Crippen LogP contribution is -2.17. The molecule has 0 unspecified atom stereocenters. The number of rotatable bonds is 4. The number of hydrogen-bond acceptors (Lipinski definition) is 5. The Bertz CT molecular complexity index is 1090. The fourth-order valence-electron chi connectivity index (χ4n) is 2.34. The third-order valence-electron chi connectivity index (χ3n) is 3.63. The number of nitrogens with zero attached hydrogens (tertiary/aromatic N) is 1. The molecule has 0 aliphatic rings. The Balaban J connectivity index is 1.85. The number of aryl methyl sites for hydroxylation is 1. The fraction of sp³-hybridized carbons (Fsp3) is 0.0588. The Hall–Kier alpha value is -2.26. The first-order chi connectivity index (χ1) is 12.3. The molecule has 0 aliphatic heterocycles. The smallest absolute Gasteiger partial charge is 0.257 e. The average Bonchev–Trinajstić information content (AvgIpc) is 3.02. The zero-order chi connectivity index (χ0) is 18.9. The largest absolute Gasteiger partial charge is 0.298 e. The number of carbonyl (C=O) groups excluding carboxylic acids is 1. The van der Waals surface area contributed by atoms with E-state index in [1.165, 1.54) is 29.5 Å². The van der Waals surface area contributed by atoms with Crippen molar-refractivity contribution in [3.05, 3.63) is 64.0 Å². The van der Waals surface area contributed by atoms with Gasteiger partial charge in [0.2, 0.25) is 10.0 Å². The van der Waals surface area contributed by atoms with Crippen LogP contribution >= 0.6 is 22.9 Å². The van der Waals surface area contributed by atoms with Crippen molar-refractivity contribution >= 4 is 44.0 Å². The number of nitrogens with two attached hydrogens (primary N) is 1. The van der Waals surface area contributed by atoms with Crippen LogP contribution in [0.1, 0.15) is 15.9 Å². The van der Waals surface area contributed by atoms with E-state index < -0.39 is 15.9 Å². The van der Waals surface area contributed by atoms with Gasteiger partial charge in [-0.25, -0.2) is 18.5 Å². The van der Waals surface area contributed by atoms with E-state index in [2.05, 4.69) is 10.3 Å². The van der Waals surface area contributed by atoms with Gasteiger partial charge in [0.15, 0.2) is 5.13 Å². The SMILES string of the molecule is Cc1ccc(C(=O)Nc2nc(-c3ccccc3Cl)cs2)cc1S(N)(=O)=O. The molecule has 0 fully saturated rings. The number of carbonyl (C=O) groups is 1. The normalized spacial score (nSPS) is 11.3. The lowest BCUT2D eigenvalue weighted by molar-refractivity contribution is 0.102. The maximum Gasteiger partial charge on any atom is 0.257 e. The quantitative estimate of drug-likeness (QED) is 0.688. The Kier molecular flexibility index (Phi) is 5.10. The van der Waals surface area contributed by atoms with Crippen LogP contribution in [0.15, 0.2) is 52.7 Å². The molecule has 3 rings (SSSR count). The monoisotopic (exact) mass is 407 g/mol. The van der Waals surface area contributed by atoms with Crippen molar-refractivity contribution in [2.24, 2.45) is 5.14 Å². The minimum absolute atomic E-state index is 0.0824. The van der Waals surface area contributed by atoms with E-state index >= 15 is 0 Å². The molecule has 3 N–H and O–H groups in total. The third-order valence-corrected chi connectivity index (χ3v) is 5.77. The van der Waals surface area contributed by atoms with Gasteiger partial charge in [0.1, 0.15) is 0 Å². The van der Waals surface area contributed by atoms with Crippen LogP contribution in [0.2, 0.25) is 5.02 Å². The first-order valence-corrected chi connectivity index (χ1v) is 10.2. The third kappa shape index (κ3) is 3.94. The lowest BCUT2D eigenvalue weighted by Gasteiger charge is -2.07. The van der Waals surface area contributed by atoms with Gasteiger partial charge < -0.3 is 0 Å². The van der Waals surface area contributed by atoms with E-state index in [-0.39, 0.29) is 10.5 Å². The molecule has 2 aromatic carbocycles. The maximum atomic E-state index is 12.4. The Labute approximate surface area is 159 Å². The first kappa shape index (κ1) is 18.5. The second kappa shape index (κ2) is 7.16. The molecule has 0 spiro atoms. The molecule has 1 heterocycles. The molecule has 1 amide bonds. The summed E-state index contributed by atoms with van der Waals surface area (Å²) in [6.07, 6.45) is 0. The summed E-state index contributed by atoms with van der Waals surface area (Å²) in [6, 6.07) is 11.6. The second-order valence-electron chi connectivity index (χ2n) is 5.50. The van der Waals surface area contributed by atoms with Crippen molar-refractivity contribution in [2.75, 3.05) is 5.32 Å². The number of primary sulfonamides is 1. The molecule has 0 bridgehead atoms. The highest BCUT2D eigenvalue weighted by Crippen LogP contribution is 2.30. The van der Waals surface area contributed by atoms with Crippen LogP contribution in [0.5, 0.6) is 0 Å². The molecule has 3 aromatic rings. The molecular formula is C17H14ClN3O3S2. The molecule has 0 saturated carbocycles. The molecule has 26 heavy (non-hydrogen) atoms. The number of amides is 1. The van der Waals surface area contributed by atoms with Crippen molar-refractivity contribution in [1.29, 1.82) is 0 Å². The number of benzene rings is 2. The average molecular weight is 408 g/mol. The first-order valence-electron chi connectivity index (χ1n) is 7.41. The van der Waals surface area contributed by atoms with Crippen molar-refractivity contribution in [3.63, 3.8) is 0 Å². The van der Waals surface area contributed by atoms with Gasteiger partial charge in [0.05, 0.1) is 10.6 Å². The number of anilines is 1. The summed E-state index contributed by atoms with van der Waals surface area (Å²) in [5, 5.41) is 10.6. The molecule has 0 saturated heterocycles. The summed E-state index contributed by atoms with van der Waals surface area (Å²) in [5.74, 6) is -0.477. The van der Waals surface area contributed by atoms with Gasteiger partial charge in [-0.05, 0) is 30.7 Å². The molecule has 0 radical (unpaired) electrons. The number of aromatic nitrogens is 1. The summed E-state index contributed by atoms with van der Waals surface area (Å²) in [5.41, 5.74) is 2.05. The van der Waals surface area contributed by atoms with Gasteiger partial charge >= 0.3 is 0 Å². The molecule has 0 aliphatic carbocycles. The number of sulfonamides is 1. The summed E-state index contributed by atoms with van der Waals surface area (Å²) >= 11 is 7.40. The summed E-state index contributed by atoms with van der Waals surface area (Å²) < 4.78 is 23.2. The van der Waals surface area contributed by atoms with E-state index in [4.69, 9.17) is 16.7 Å². The Morgan fingerprint density at radius 2 is 1.96 bits per heavy atom. The highest BCUT2D eigenvalue weighted by Gasteiger charge is 2.16. The Morgan fingerprint density at radius 1 is 1.23 bits per heavy atom. The minimum Gasteiger partial charge on any atom is -0.298 e. The highest BCUT2D eigenvalue weighted by molar-refractivity contribution is 7.89. The standard InChI is InChI=1S/C17H14ClN3O3S2/c1-10-6-7-11(8-15(10)26(19,23)24)16(22)21-17-20-14(9-25-17)12-4-2-3-5-13(12)18/h2-9H,1H3,(H2,19,23,24)(H,20,21,22). The fourth-order valence-corrected chi connectivity index (χ4v) is 4.09. The highest BCUT2D eigenvalue weighted by atomic mass is 35.5.